The number of carbonyl (C=O) groups is 1. The highest BCUT2D eigenvalue weighted by Gasteiger charge is 2.27. The number of nitrogens with zero attached hydrogens (tertiary/aromatic N) is 2. The number of anilines is 1. The van der Waals surface area contributed by atoms with Crippen LogP contribution in [-0.2, 0) is 12.8 Å². The molecule has 1 aliphatic carbocycles. The van der Waals surface area contributed by atoms with E-state index >= 15 is 0 Å². The number of nitriles is 1. The molecule has 0 spiro atoms. The van der Waals surface area contributed by atoms with Crippen molar-refractivity contribution >= 4 is 22.7 Å². The fourth-order valence-corrected chi connectivity index (χ4v) is 4.00. The van der Waals surface area contributed by atoms with Gasteiger partial charge in [-0.1, -0.05) is 0 Å². The maximum Gasteiger partial charge on any atom is 0.407 e. The molecule has 2 aliphatic rings. The van der Waals surface area contributed by atoms with Crippen LogP contribution in [0.5, 0.6) is 0 Å². The van der Waals surface area contributed by atoms with Gasteiger partial charge < -0.3 is 20.3 Å². The number of likely N-dealkylation sites (tertiary alicyclic amines) is 1. The summed E-state index contributed by atoms with van der Waals surface area (Å²) >= 11 is 0. The predicted octanol–water partition coefficient (Wildman–Crippen LogP) is 3.08. The number of hydrogen-bond donors (Lipinski definition) is 3. The Morgan fingerprint density at radius 1 is 1.38 bits per heavy atom. The fourth-order valence-electron chi connectivity index (χ4n) is 4.00. The van der Waals surface area contributed by atoms with Crippen molar-refractivity contribution in [2.75, 3.05) is 18.4 Å². The summed E-state index contributed by atoms with van der Waals surface area (Å²) in [6.07, 6.45) is 4.37. The molecule has 1 saturated heterocycles. The Bertz CT molecular complexity index is 849. The molecule has 0 bridgehead atoms. The number of nitrogens with one attached hydrogen (secondary N) is 2. The molecular weight excluding hydrogens is 304 g/mol. The minimum Gasteiger partial charge on any atom is -0.465 e. The Morgan fingerprint density at radius 2 is 2.21 bits per heavy atom. The molecule has 1 unspecified atom stereocenters. The summed E-state index contributed by atoms with van der Waals surface area (Å²) in [4.78, 5) is 16.0. The lowest BCUT2D eigenvalue weighted by molar-refractivity contribution is 0.155. The van der Waals surface area contributed by atoms with Gasteiger partial charge in [-0.3, -0.25) is 0 Å². The molecule has 1 aromatic carbocycles. The summed E-state index contributed by atoms with van der Waals surface area (Å²) in [5, 5.41) is 23.2. The number of aromatic amines is 1. The SMILES string of the molecule is N#Cc1ccc(NC2CCN(C(=O)O)C2)c2c3c([nH]c12)CCCC3. The van der Waals surface area contributed by atoms with Crippen LogP contribution in [-0.4, -0.2) is 40.2 Å². The Labute approximate surface area is 140 Å². The lowest BCUT2D eigenvalue weighted by Crippen LogP contribution is -2.30. The predicted molar refractivity (Wildman–Crippen MR) is 91.3 cm³/mol. The quantitative estimate of drug-likeness (QED) is 0.791. The van der Waals surface area contributed by atoms with Crippen molar-refractivity contribution in [1.82, 2.24) is 9.88 Å². The van der Waals surface area contributed by atoms with Gasteiger partial charge in [0, 0.05) is 35.9 Å². The normalized spacial score (nSPS) is 20.0. The number of benzene rings is 1. The van der Waals surface area contributed by atoms with Gasteiger partial charge in [0.25, 0.3) is 0 Å². The molecule has 24 heavy (non-hydrogen) atoms. The maximum atomic E-state index is 11.1. The molecule has 0 radical (unpaired) electrons. The first kappa shape index (κ1) is 14.9. The Hall–Kier alpha value is -2.68. The highest BCUT2D eigenvalue weighted by molar-refractivity contribution is 5.99. The Balaban J connectivity index is 1.72. The van der Waals surface area contributed by atoms with E-state index in [9.17, 15) is 10.1 Å². The van der Waals surface area contributed by atoms with E-state index in [1.165, 1.54) is 29.0 Å². The van der Waals surface area contributed by atoms with E-state index in [4.69, 9.17) is 5.11 Å². The monoisotopic (exact) mass is 324 g/mol. The standard InChI is InChI=1S/C18H20N4O2/c19-9-11-5-6-15(20-12-7-8-22(10-12)18(23)24)16-13-3-1-2-4-14(13)21-17(11)16/h5-6,12,20-21H,1-4,7-8,10H2,(H,23,24). The van der Waals surface area contributed by atoms with Gasteiger partial charge in [0.05, 0.1) is 11.1 Å². The van der Waals surface area contributed by atoms with Gasteiger partial charge in [-0.2, -0.15) is 5.26 Å². The van der Waals surface area contributed by atoms with Crippen LogP contribution in [0.4, 0.5) is 10.5 Å². The molecule has 2 aromatic rings. The van der Waals surface area contributed by atoms with E-state index in [1.54, 1.807) is 0 Å². The van der Waals surface area contributed by atoms with Gasteiger partial charge >= 0.3 is 6.09 Å². The van der Waals surface area contributed by atoms with E-state index < -0.39 is 6.09 Å². The van der Waals surface area contributed by atoms with Crippen LogP contribution in [0.15, 0.2) is 12.1 Å². The molecule has 1 atom stereocenters. The lowest BCUT2D eigenvalue weighted by Gasteiger charge is -2.17. The number of amides is 1. The molecule has 3 N–H and O–H groups in total. The van der Waals surface area contributed by atoms with Crippen LogP contribution in [0.2, 0.25) is 0 Å². The summed E-state index contributed by atoms with van der Waals surface area (Å²) in [6, 6.07) is 6.20. The zero-order valence-corrected chi connectivity index (χ0v) is 13.4. The van der Waals surface area contributed by atoms with Crippen LogP contribution < -0.4 is 5.32 Å². The third-order valence-corrected chi connectivity index (χ3v) is 5.19. The summed E-state index contributed by atoms with van der Waals surface area (Å²) in [6.45, 7) is 1.07. The minimum absolute atomic E-state index is 0.117. The molecule has 1 fully saturated rings. The molecule has 2 heterocycles. The van der Waals surface area contributed by atoms with Crippen LogP contribution in [0.25, 0.3) is 10.9 Å². The fraction of sp³-hybridized carbons (Fsp3) is 0.444. The van der Waals surface area contributed by atoms with Crippen molar-refractivity contribution in [2.24, 2.45) is 0 Å². The van der Waals surface area contributed by atoms with Gasteiger partial charge in [-0.15, -0.1) is 0 Å². The van der Waals surface area contributed by atoms with Crippen molar-refractivity contribution in [1.29, 1.82) is 5.26 Å². The molecule has 6 heteroatoms. The van der Waals surface area contributed by atoms with Crippen molar-refractivity contribution in [3.8, 4) is 6.07 Å². The maximum absolute atomic E-state index is 11.1. The van der Waals surface area contributed by atoms with E-state index in [0.29, 0.717) is 18.7 Å². The molecule has 1 amide bonds. The van der Waals surface area contributed by atoms with Crippen molar-refractivity contribution < 1.29 is 9.90 Å². The zero-order valence-electron chi connectivity index (χ0n) is 13.4. The number of rotatable bonds is 2. The number of aromatic nitrogens is 1. The minimum atomic E-state index is -0.858. The molecule has 4 rings (SSSR count). The van der Waals surface area contributed by atoms with Crippen molar-refractivity contribution in [3.63, 3.8) is 0 Å². The van der Waals surface area contributed by atoms with Crippen LogP contribution in [0.1, 0.15) is 36.1 Å². The smallest absolute Gasteiger partial charge is 0.407 e. The summed E-state index contributed by atoms with van der Waals surface area (Å²) in [7, 11) is 0. The average Bonchev–Trinajstić information content (AvgIpc) is 3.19. The number of hydrogen-bond acceptors (Lipinski definition) is 3. The number of H-pyrrole nitrogens is 1. The van der Waals surface area contributed by atoms with E-state index in [0.717, 1.165) is 35.9 Å². The van der Waals surface area contributed by atoms with Crippen LogP contribution in [0.3, 0.4) is 0 Å². The third-order valence-electron chi connectivity index (χ3n) is 5.19. The second-order valence-electron chi connectivity index (χ2n) is 6.67. The third kappa shape index (κ3) is 2.37. The van der Waals surface area contributed by atoms with E-state index in [1.807, 2.05) is 12.1 Å². The van der Waals surface area contributed by atoms with Gasteiger partial charge in [0.15, 0.2) is 0 Å². The van der Waals surface area contributed by atoms with Crippen molar-refractivity contribution in [2.45, 2.75) is 38.1 Å². The van der Waals surface area contributed by atoms with Crippen LogP contribution in [0, 0.1) is 11.3 Å². The van der Waals surface area contributed by atoms with Gasteiger partial charge in [0.1, 0.15) is 6.07 Å². The average molecular weight is 324 g/mol. The highest BCUT2D eigenvalue weighted by atomic mass is 16.4. The van der Waals surface area contributed by atoms with Gasteiger partial charge in [0.2, 0.25) is 0 Å². The molecule has 1 aliphatic heterocycles. The van der Waals surface area contributed by atoms with Crippen molar-refractivity contribution in [3.05, 3.63) is 29.0 Å². The Morgan fingerprint density at radius 3 is 2.96 bits per heavy atom. The van der Waals surface area contributed by atoms with Crippen LogP contribution >= 0.6 is 0 Å². The second-order valence-corrected chi connectivity index (χ2v) is 6.67. The summed E-state index contributed by atoms with van der Waals surface area (Å²) < 4.78 is 0. The van der Waals surface area contributed by atoms with E-state index in [2.05, 4.69) is 16.4 Å². The molecule has 1 aromatic heterocycles. The molecular formula is C18H20N4O2. The first-order valence-corrected chi connectivity index (χ1v) is 8.48. The molecule has 124 valence electrons. The number of aryl methyl sites for hydroxylation is 2. The topological polar surface area (TPSA) is 92.2 Å². The van der Waals surface area contributed by atoms with Gasteiger partial charge in [-0.05, 0) is 49.8 Å². The Kier molecular flexibility index (Phi) is 3.57. The largest absolute Gasteiger partial charge is 0.465 e. The highest BCUT2D eigenvalue weighted by Crippen LogP contribution is 2.36. The van der Waals surface area contributed by atoms with E-state index in [-0.39, 0.29) is 6.04 Å². The molecule has 0 saturated carbocycles. The first-order chi connectivity index (χ1) is 11.7. The number of fused-ring (bicyclic) bond motifs is 3. The lowest BCUT2D eigenvalue weighted by atomic mass is 9.94. The number of carboxylic acid groups (broad SMARTS) is 1. The van der Waals surface area contributed by atoms with Gasteiger partial charge in [-0.25, -0.2) is 4.79 Å². The first-order valence-electron chi connectivity index (χ1n) is 8.48. The molecule has 6 nitrogen and oxygen atoms in total. The summed E-state index contributed by atoms with van der Waals surface area (Å²) in [5.41, 5.74) is 5.18. The zero-order chi connectivity index (χ0) is 16.7. The summed E-state index contributed by atoms with van der Waals surface area (Å²) in [5.74, 6) is 0. The second kappa shape index (κ2) is 5.75.